The molecular formula is C19H24N2. The highest BCUT2D eigenvalue weighted by atomic mass is 14.6. The van der Waals surface area contributed by atoms with Crippen molar-refractivity contribution in [3.8, 4) is 0 Å². The van der Waals surface area contributed by atoms with E-state index in [1.54, 1.807) is 0 Å². The Morgan fingerprint density at radius 3 is 1.57 bits per heavy atom. The summed E-state index contributed by atoms with van der Waals surface area (Å²) in [6.45, 7) is 4.36. The van der Waals surface area contributed by atoms with E-state index in [1.165, 1.54) is 47.9 Å². The van der Waals surface area contributed by atoms with Crippen molar-refractivity contribution < 1.29 is 0 Å². The Balaban J connectivity index is 2.20. The van der Waals surface area contributed by atoms with Crippen molar-refractivity contribution in [2.24, 2.45) is 0 Å². The highest BCUT2D eigenvalue weighted by molar-refractivity contribution is 5.55. The maximum absolute atomic E-state index is 5.94. The summed E-state index contributed by atoms with van der Waals surface area (Å²) < 4.78 is 0. The van der Waals surface area contributed by atoms with Gasteiger partial charge in [0.15, 0.2) is 0 Å². The lowest BCUT2D eigenvalue weighted by atomic mass is 9.70. The van der Waals surface area contributed by atoms with Gasteiger partial charge in [-0.3, -0.25) is 0 Å². The number of rotatable bonds is 2. The summed E-state index contributed by atoms with van der Waals surface area (Å²) in [5, 5.41) is 0. The molecule has 2 aromatic carbocycles. The lowest BCUT2D eigenvalue weighted by Crippen LogP contribution is -2.26. The van der Waals surface area contributed by atoms with Gasteiger partial charge in [0.2, 0.25) is 0 Å². The summed E-state index contributed by atoms with van der Waals surface area (Å²) in [4.78, 5) is 0. The van der Waals surface area contributed by atoms with Crippen molar-refractivity contribution in [2.45, 2.75) is 44.9 Å². The molecule has 110 valence electrons. The minimum Gasteiger partial charge on any atom is -0.399 e. The van der Waals surface area contributed by atoms with Gasteiger partial charge in [0.25, 0.3) is 0 Å². The highest BCUT2D eigenvalue weighted by Crippen LogP contribution is 2.48. The van der Waals surface area contributed by atoms with Gasteiger partial charge in [-0.1, -0.05) is 25.0 Å². The molecule has 0 unspecified atom stereocenters. The van der Waals surface area contributed by atoms with E-state index in [2.05, 4.69) is 38.1 Å². The zero-order valence-electron chi connectivity index (χ0n) is 12.9. The zero-order valence-corrected chi connectivity index (χ0v) is 12.9. The molecule has 0 radical (unpaired) electrons. The van der Waals surface area contributed by atoms with Crippen LogP contribution in [0.2, 0.25) is 0 Å². The topological polar surface area (TPSA) is 52.0 Å². The second kappa shape index (κ2) is 5.10. The molecule has 0 atom stereocenters. The third-order valence-corrected chi connectivity index (χ3v) is 4.99. The molecule has 0 spiro atoms. The van der Waals surface area contributed by atoms with Gasteiger partial charge in [-0.05, 0) is 73.2 Å². The molecule has 0 bridgehead atoms. The first-order valence-electron chi connectivity index (χ1n) is 7.76. The fraction of sp³-hybridized carbons (Fsp3) is 0.368. The SMILES string of the molecule is Cc1cc(N)ccc1C1(c2ccc(N)cc2C)CCCC1. The van der Waals surface area contributed by atoms with Crippen LogP contribution in [0.4, 0.5) is 11.4 Å². The van der Waals surface area contributed by atoms with E-state index in [1.807, 2.05) is 12.1 Å². The number of hydrogen-bond acceptors (Lipinski definition) is 2. The molecule has 3 rings (SSSR count). The molecule has 1 aliphatic carbocycles. The second-order valence-electron chi connectivity index (χ2n) is 6.44. The number of benzene rings is 2. The summed E-state index contributed by atoms with van der Waals surface area (Å²) in [7, 11) is 0. The lowest BCUT2D eigenvalue weighted by molar-refractivity contribution is 0.529. The van der Waals surface area contributed by atoms with Gasteiger partial charge in [0.05, 0.1) is 0 Å². The van der Waals surface area contributed by atoms with Crippen molar-refractivity contribution in [1.82, 2.24) is 0 Å². The smallest absolute Gasteiger partial charge is 0.0316 e. The minimum atomic E-state index is 0.134. The summed E-state index contributed by atoms with van der Waals surface area (Å²) in [6, 6.07) is 12.7. The third-order valence-electron chi connectivity index (χ3n) is 4.99. The Kier molecular flexibility index (Phi) is 3.40. The Hall–Kier alpha value is -1.96. The summed E-state index contributed by atoms with van der Waals surface area (Å²) in [5.41, 5.74) is 19.2. The number of nitrogens with two attached hydrogens (primary N) is 2. The maximum Gasteiger partial charge on any atom is 0.0316 e. The second-order valence-corrected chi connectivity index (χ2v) is 6.44. The van der Waals surface area contributed by atoms with Crippen LogP contribution in [-0.2, 0) is 5.41 Å². The molecule has 1 fully saturated rings. The molecular weight excluding hydrogens is 256 g/mol. The van der Waals surface area contributed by atoms with Crippen LogP contribution in [-0.4, -0.2) is 0 Å². The minimum absolute atomic E-state index is 0.134. The molecule has 0 aliphatic heterocycles. The lowest BCUT2D eigenvalue weighted by Gasteiger charge is -2.33. The van der Waals surface area contributed by atoms with Crippen molar-refractivity contribution in [1.29, 1.82) is 0 Å². The Bertz CT molecular complexity index is 614. The first-order valence-corrected chi connectivity index (χ1v) is 7.76. The van der Waals surface area contributed by atoms with E-state index in [0.29, 0.717) is 0 Å². The first kappa shape index (κ1) is 14.0. The van der Waals surface area contributed by atoms with Crippen LogP contribution in [0.3, 0.4) is 0 Å². The van der Waals surface area contributed by atoms with Crippen LogP contribution < -0.4 is 11.5 Å². The van der Waals surface area contributed by atoms with E-state index >= 15 is 0 Å². The van der Waals surface area contributed by atoms with Crippen molar-refractivity contribution in [3.63, 3.8) is 0 Å². The Labute approximate surface area is 127 Å². The molecule has 21 heavy (non-hydrogen) atoms. The van der Waals surface area contributed by atoms with Crippen LogP contribution in [0.5, 0.6) is 0 Å². The van der Waals surface area contributed by atoms with Crippen LogP contribution >= 0.6 is 0 Å². The van der Waals surface area contributed by atoms with Gasteiger partial charge >= 0.3 is 0 Å². The highest BCUT2D eigenvalue weighted by Gasteiger charge is 2.39. The van der Waals surface area contributed by atoms with Crippen LogP contribution in [0.15, 0.2) is 36.4 Å². The number of hydrogen-bond donors (Lipinski definition) is 2. The molecule has 0 amide bonds. The van der Waals surface area contributed by atoms with E-state index in [-0.39, 0.29) is 5.41 Å². The van der Waals surface area contributed by atoms with Crippen LogP contribution in [0.1, 0.15) is 47.9 Å². The van der Waals surface area contributed by atoms with Crippen molar-refractivity contribution in [3.05, 3.63) is 58.7 Å². The van der Waals surface area contributed by atoms with Gasteiger partial charge in [0, 0.05) is 16.8 Å². The van der Waals surface area contributed by atoms with Gasteiger partial charge in [-0.15, -0.1) is 0 Å². The average Bonchev–Trinajstić information content (AvgIpc) is 2.88. The van der Waals surface area contributed by atoms with Crippen LogP contribution in [0.25, 0.3) is 0 Å². The molecule has 0 heterocycles. The molecule has 2 nitrogen and oxygen atoms in total. The fourth-order valence-electron chi connectivity index (χ4n) is 4.11. The molecule has 2 aromatic rings. The van der Waals surface area contributed by atoms with Gasteiger partial charge < -0.3 is 11.5 Å². The Morgan fingerprint density at radius 1 is 0.762 bits per heavy atom. The van der Waals surface area contributed by atoms with Gasteiger partial charge in [0.1, 0.15) is 0 Å². The van der Waals surface area contributed by atoms with E-state index in [4.69, 9.17) is 11.5 Å². The van der Waals surface area contributed by atoms with E-state index < -0.39 is 0 Å². The first-order chi connectivity index (χ1) is 10.0. The number of aryl methyl sites for hydroxylation is 2. The molecule has 4 N–H and O–H groups in total. The standard InChI is InChI=1S/C19H24N2/c1-13-11-15(20)5-7-17(13)19(9-3-4-10-19)18-8-6-16(21)12-14(18)2/h5-8,11-12H,3-4,9-10,20-21H2,1-2H3. The van der Waals surface area contributed by atoms with E-state index in [0.717, 1.165) is 11.4 Å². The zero-order chi connectivity index (χ0) is 15.0. The largest absolute Gasteiger partial charge is 0.399 e. The normalized spacial score (nSPS) is 17.0. The molecule has 2 heteroatoms. The predicted octanol–water partition coefficient (Wildman–Crippen LogP) is 4.33. The van der Waals surface area contributed by atoms with Gasteiger partial charge in [-0.2, -0.15) is 0 Å². The fourth-order valence-corrected chi connectivity index (χ4v) is 4.11. The molecule has 1 aliphatic rings. The monoisotopic (exact) mass is 280 g/mol. The van der Waals surface area contributed by atoms with Crippen LogP contribution in [0, 0.1) is 13.8 Å². The molecule has 0 aromatic heterocycles. The van der Waals surface area contributed by atoms with Crippen molar-refractivity contribution >= 4 is 11.4 Å². The number of anilines is 2. The maximum atomic E-state index is 5.94. The summed E-state index contributed by atoms with van der Waals surface area (Å²) in [5.74, 6) is 0. The van der Waals surface area contributed by atoms with Crippen molar-refractivity contribution in [2.75, 3.05) is 11.5 Å². The molecule has 0 saturated heterocycles. The average molecular weight is 280 g/mol. The van der Waals surface area contributed by atoms with E-state index in [9.17, 15) is 0 Å². The third kappa shape index (κ3) is 2.29. The molecule has 1 saturated carbocycles. The predicted molar refractivity (Wildman–Crippen MR) is 90.4 cm³/mol. The van der Waals surface area contributed by atoms with Gasteiger partial charge in [-0.25, -0.2) is 0 Å². The quantitative estimate of drug-likeness (QED) is 0.804. The summed E-state index contributed by atoms with van der Waals surface area (Å²) >= 11 is 0. The number of nitrogen functional groups attached to an aromatic ring is 2. The Morgan fingerprint density at radius 2 is 1.19 bits per heavy atom. The summed E-state index contributed by atoms with van der Waals surface area (Å²) in [6.07, 6.45) is 4.99.